The van der Waals surface area contributed by atoms with Crippen LogP contribution >= 0.6 is 0 Å². The van der Waals surface area contributed by atoms with Gasteiger partial charge in [0.15, 0.2) is 5.75 Å². The largest absolute Gasteiger partial charge is 0.484 e. The molecule has 5 nitrogen and oxygen atoms in total. The lowest BCUT2D eigenvalue weighted by Gasteiger charge is -2.15. The molecule has 18 heavy (non-hydrogen) atoms. The van der Waals surface area contributed by atoms with E-state index in [0.717, 1.165) is 18.5 Å². The van der Waals surface area contributed by atoms with Gasteiger partial charge in [0.05, 0.1) is 11.0 Å². The van der Waals surface area contributed by atoms with Crippen LogP contribution < -0.4 is 10.1 Å². The minimum Gasteiger partial charge on any atom is -0.484 e. The van der Waals surface area contributed by atoms with Crippen LogP contribution in [0.4, 0.5) is 11.4 Å². The first-order chi connectivity index (χ1) is 8.39. The minimum atomic E-state index is -0.416. The normalized spacial score (nSPS) is 16.4. The number of nitro benzene ring substituents is 1. The van der Waals surface area contributed by atoms with Crippen LogP contribution in [0.3, 0.4) is 0 Å². The van der Waals surface area contributed by atoms with Crippen LogP contribution in [0, 0.1) is 10.1 Å². The van der Waals surface area contributed by atoms with Gasteiger partial charge in [0, 0.05) is 23.4 Å². The third kappa shape index (κ3) is 2.91. The Morgan fingerprint density at radius 3 is 2.61 bits per heavy atom. The zero-order valence-corrected chi connectivity index (χ0v) is 10.9. The molecule has 98 valence electrons. The van der Waals surface area contributed by atoms with E-state index in [1.807, 2.05) is 13.8 Å². The van der Waals surface area contributed by atoms with Gasteiger partial charge in [-0.05, 0) is 39.7 Å². The molecule has 0 aromatic heterocycles. The number of hydrogen-bond acceptors (Lipinski definition) is 4. The van der Waals surface area contributed by atoms with Crippen molar-refractivity contribution in [3.05, 3.63) is 28.3 Å². The molecule has 0 saturated heterocycles. The predicted octanol–water partition coefficient (Wildman–Crippen LogP) is 3.35. The molecule has 0 radical (unpaired) electrons. The Bertz CT molecular complexity index is 467. The maximum Gasteiger partial charge on any atom is 0.311 e. The Morgan fingerprint density at radius 2 is 2.11 bits per heavy atom. The molecule has 1 fully saturated rings. The highest BCUT2D eigenvalue weighted by atomic mass is 16.6. The Kier molecular flexibility index (Phi) is 3.15. The fourth-order valence-electron chi connectivity index (χ4n) is 1.75. The molecule has 2 rings (SSSR count). The van der Waals surface area contributed by atoms with Crippen molar-refractivity contribution in [3.63, 3.8) is 0 Å². The smallest absolute Gasteiger partial charge is 0.311 e. The number of hydrogen-bond donors (Lipinski definition) is 1. The van der Waals surface area contributed by atoms with Gasteiger partial charge in [-0.15, -0.1) is 0 Å². The monoisotopic (exact) mass is 250 g/mol. The lowest BCUT2D eigenvalue weighted by atomic mass is 10.2. The van der Waals surface area contributed by atoms with E-state index in [1.165, 1.54) is 6.07 Å². The summed E-state index contributed by atoms with van der Waals surface area (Å²) in [6.45, 7) is 5.84. The SMILES string of the molecule is CC(C)Oc1cc(NC2(C)CC2)ccc1[N+](=O)[O-]. The Morgan fingerprint density at radius 1 is 1.44 bits per heavy atom. The van der Waals surface area contributed by atoms with Crippen LogP contribution in [0.15, 0.2) is 18.2 Å². The molecule has 0 atom stereocenters. The fraction of sp³-hybridized carbons (Fsp3) is 0.538. The van der Waals surface area contributed by atoms with Crippen molar-refractivity contribution in [2.45, 2.75) is 45.3 Å². The minimum absolute atomic E-state index is 0.00944. The van der Waals surface area contributed by atoms with Crippen molar-refractivity contribution < 1.29 is 9.66 Å². The molecule has 0 spiro atoms. The van der Waals surface area contributed by atoms with Gasteiger partial charge in [0.25, 0.3) is 0 Å². The standard InChI is InChI=1S/C13H18N2O3/c1-9(2)18-12-8-10(14-13(3)6-7-13)4-5-11(12)15(16)17/h4-5,8-9,14H,6-7H2,1-3H3. The van der Waals surface area contributed by atoms with Gasteiger partial charge >= 0.3 is 5.69 Å². The zero-order chi connectivity index (χ0) is 13.3. The highest BCUT2D eigenvalue weighted by molar-refractivity contribution is 5.59. The third-order valence-electron chi connectivity index (χ3n) is 2.97. The van der Waals surface area contributed by atoms with E-state index in [0.29, 0.717) is 5.75 Å². The molecule has 1 aromatic carbocycles. The maximum atomic E-state index is 10.9. The van der Waals surface area contributed by atoms with Crippen LogP contribution in [-0.2, 0) is 0 Å². The molecule has 0 heterocycles. The fourth-order valence-corrected chi connectivity index (χ4v) is 1.75. The molecular formula is C13H18N2O3. The number of nitrogens with one attached hydrogen (secondary N) is 1. The van der Waals surface area contributed by atoms with Crippen molar-refractivity contribution in [2.75, 3.05) is 5.32 Å². The van der Waals surface area contributed by atoms with Gasteiger partial charge in [-0.2, -0.15) is 0 Å². The van der Waals surface area contributed by atoms with E-state index in [-0.39, 0.29) is 17.3 Å². The lowest BCUT2D eigenvalue weighted by molar-refractivity contribution is -0.386. The molecule has 5 heteroatoms. The highest BCUT2D eigenvalue weighted by Gasteiger charge is 2.37. The third-order valence-corrected chi connectivity index (χ3v) is 2.97. The summed E-state index contributed by atoms with van der Waals surface area (Å²) >= 11 is 0. The summed E-state index contributed by atoms with van der Waals surface area (Å²) in [5.74, 6) is 0.323. The molecule has 1 aliphatic rings. The van der Waals surface area contributed by atoms with Crippen LogP contribution in [0.5, 0.6) is 5.75 Å². The summed E-state index contributed by atoms with van der Waals surface area (Å²) < 4.78 is 5.50. The summed E-state index contributed by atoms with van der Waals surface area (Å²) in [4.78, 5) is 10.5. The number of benzene rings is 1. The van der Waals surface area contributed by atoms with E-state index in [2.05, 4.69) is 12.2 Å². The summed E-state index contributed by atoms with van der Waals surface area (Å²) in [6.07, 6.45) is 2.17. The first-order valence-electron chi connectivity index (χ1n) is 6.13. The van der Waals surface area contributed by atoms with Crippen molar-refractivity contribution >= 4 is 11.4 Å². The molecule has 0 aliphatic heterocycles. The summed E-state index contributed by atoms with van der Waals surface area (Å²) in [5.41, 5.74) is 1.03. The second kappa shape index (κ2) is 4.48. The zero-order valence-electron chi connectivity index (χ0n) is 10.9. The molecule has 1 saturated carbocycles. The van der Waals surface area contributed by atoms with Gasteiger partial charge < -0.3 is 10.1 Å². The predicted molar refractivity (Wildman–Crippen MR) is 70.1 cm³/mol. The summed E-state index contributed by atoms with van der Waals surface area (Å²) in [5, 5.41) is 14.3. The van der Waals surface area contributed by atoms with E-state index in [1.54, 1.807) is 12.1 Å². The summed E-state index contributed by atoms with van der Waals surface area (Å²) in [7, 11) is 0. The van der Waals surface area contributed by atoms with Crippen molar-refractivity contribution in [3.8, 4) is 5.75 Å². The van der Waals surface area contributed by atoms with E-state index >= 15 is 0 Å². The average molecular weight is 250 g/mol. The van der Waals surface area contributed by atoms with Crippen LogP contribution in [0.25, 0.3) is 0 Å². The molecular weight excluding hydrogens is 232 g/mol. The van der Waals surface area contributed by atoms with Crippen LogP contribution in [0.1, 0.15) is 33.6 Å². The number of nitrogens with zero attached hydrogens (tertiary/aromatic N) is 1. The van der Waals surface area contributed by atoms with E-state index < -0.39 is 4.92 Å². The lowest BCUT2D eigenvalue weighted by Crippen LogP contribution is -2.16. The second-order valence-electron chi connectivity index (χ2n) is 5.29. The number of anilines is 1. The van der Waals surface area contributed by atoms with Crippen LogP contribution in [-0.4, -0.2) is 16.6 Å². The number of ether oxygens (including phenoxy) is 1. The Balaban J connectivity index is 2.26. The second-order valence-corrected chi connectivity index (χ2v) is 5.29. The molecule has 1 aliphatic carbocycles. The van der Waals surface area contributed by atoms with Gasteiger partial charge in [-0.25, -0.2) is 0 Å². The Hall–Kier alpha value is -1.78. The molecule has 1 N–H and O–H groups in total. The first-order valence-corrected chi connectivity index (χ1v) is 6.13. The first kappa shape index (κ1) is 12.7. The topological polar surface area (TPSA) is 64.4 Å². The number of nitro groups is 1. The Labute approximate surface area is 106 Å². The van der Waals surface area contributed by atoms with Gasteiger partial charge in [0.1, 0.15) is 0 Å². The van der Waals surface area contributed by atoms with Gasteiger partial charge in [-0.1, -0.05) is 0 Å². The molecule has 1 aromatic rings. The van der Waals surface area contributed by atoms with Crippen molar-refractivity contribution in [1.82, 2.24) is 0 Å². The summed E-state index contributed by atoms with van der Waals surface area (Å²) in [6, 6.07) is 4.93. The van der Waals surface area contributed by atoms with Gasteiger partial charge in [0.2, 0.25) is 0 Å². The van der Waals surface area contributed by atoms with Crippen molar-refractivity contribution in [1.29, 1.82) is 0 Å². The maximum absolute atomic E-state index is 10.9. The molecule has 0 amide bonds. The number of rotatable bonds is 5. The van der Waals surface area contributed by atoms with Crippen LogP contribution in [0.2, 0.25) is 0 Å². The quantitative estimate of drug-likeness (QED) is 0.643. The van der Waals surface area contributed by atoms with E-state index in [4.69, 9.17) is 4.74 Å². The molecule has 0 unspecified atom stereocenters. The molecule has 0 bridgehead atoms. The van der Waals surface area contributed by atoms with E-state index in [9.17, 15) is 10.1 Å². The highest BCUT2D eigenvalue weighted by Crippen LogP contribution is 2.40. The average Bonchev–Trinajstić information content (AvgIpc) is 2.94. The van der Waals surface area contributed by atoms with Crippen molar-refractivity contribution in [2.24, 2.45) is 0 Å². The van der Waals surface area contributed by atoms with Gasteiger partial charge in [-0.3, -0.25) is 10.1 Å².